The molecule has 1 heterocycles. The summed E-state index contributed by atoms with van der Waals surface area (Å²) in [5, 5.41) is 7.86. The summed E-state index contributed by atoms with van der Waals surface area (Å²) in [5.41, 5.74) is 8.30. The Morgan fingerprint density at radius 1 is 1.26 bits per heavy atom. The number of aryl methyl sites for hydroxylation is 1. The first-order chi connectivity index (χ1) is 9.24. The van der Waals surface area contributed by atoms with E-state index in [9.17, 15) is 0 Å². The predicted molar refractivity (Wildman–Crippen MR) is 77.7 cm³/mol. The minimum Gasteiger partial charge on any atom is -0.329 e. The molecule has 4 nitrogen and oxygen atoms in total. The van der Waals surface area contributed by atoms with E-state index in [0.29, 0.717) is 6.54 Å². The second-order valence-corrected chi connectivity index (χ2v) is 4.72. The lowest BCUT2D eigenvalue weighted by Crippen LogP contribution is -2.30. The van der Waals surface area contributed by atoms with E-state index in [1.807, 2.05) is 16.9 Å². The molecule has 0 amide bonds. The van der Waals surface area contributed by atoms with E-state index in [2.05, 4.69) is 54.7 Å². The molecule has 19 heavy (non-hydrogen) atoms. The second kappa shape index (κ2) is 6.50. The van der Waals surface area contributed by atoms with Gasteiger partial charge in [-0.25, -0.2) is 0 Å². The summed E-state index contributed by atoms with van der Waals surface area (Å²) >= 11 is 0. The summed E-state index contributed by atoms with van der Waals surface area (Å²) in [5.74, 6) is 0. The Bertz CT molecular complexity index is 492. The number of nitrogens with zero attached hydrogens (tertiary/aromatic N) is 2. The zero-order valence-corrected chi connectivity index (χ0v) is 11.6. The number of benzene rings is 1. The van der Waals surface area contributed by atoms with Crippen molar-refractivity contribution in [2.45, 2.75) is 32.5 Å². The molecule has 0 spiro atoms. The molecule has 0 radical (unpaired) electrons. The summed E-state index contributed by atoms with van der Waals surface area (Å²) in [6.07, 6.45) is 3.95. The zero-order chi connectivity index (χ0) is 13.7. The van der Waals surface area contributed by atoms with E-state index in [1.165, 1.54) is 5.56 Å². The number of hydrogen-bond acceptors (Lipinski definition) is 3. The van der Waals surface area contributed by atoms with Gasteiger partial charge in [-0.3, -0.25) is 4.68 Å². The average Bonchev–Trinajstić information content (AvgIpc) is 2.94. The first-order valence-electron chi connectivity index (χ1n) is 6.78. The Morgan fingerprint density at radius 2 is 2.00 bits per heavy atom. The molecule has 2 atom stereocenters. The summed E-state index contributed by atoms with van der Waals surface area (Å²) < 4.78 is 1.92. The van der Waals surface area contributed by atoms with Gasteiger partial charge in [-0.05, 0) is 19.4 Å². The van der Waals surface area contributed by atoms with Crippen LogP contribution in [0, 0.1) is 0 Å². The molecule has 0 fully saturated rings. The van der Waals surface area contributed by atoms with Crippen LogP contribution in [-0.2, 0) is 6.54 Å². The standard InChI is InChI=1S/C15H22N4/c1-3-19-11-14(10-17-19)15(9-16)18-12(2)13-7-5-4-6-8-13/h4-8,10-12,15,18H,3,9,16H2,1-2H3. The van der Waals surface area contributed by atoms with Crippen LogP contribution in [0.25, 0.3) is 0 Å². The van der Waals surface area contributed by atoms with E-state index in [4.69, 9.17) is 5.73 Å². The van der Waals surface area contributed by atoms with Crippen molar-refractivity contribution < 1.29 is 0 Å². The van der Waals surface area contributed by atoms with Crippen LogP contribution in [0.1, 0.15) is 37.1 Å². The van der Waals surface area contributed by atoms with Gasteiger partial charge in [0.15, 0.2) is 0 Å². The molecular formula is C15H22N4. The molecule has 0 aliphatic rings. The van der Waals surface area contributed by atoms with Gasteiger partial charge in [-0.2, -0.15) is 5.10 Å². The van der Waals surface area contributed by atoms with Crippen LogP contribution in [0.15, 0.2) is 42.7 Å². The van der Waals surface area contributed by atoms with Crippen molar-refractivity contribution in [1.29, 1.82) is 0 Å². The van der Waals surface area contributed by atoms with E-state index in [0.717, 1.165) is 12.1 Å². The lowest BCUT2D eigenvalue weighted by molar-refractivity contribution is 0.473. The smallest absolute Gasteiger partial charge is 0.0538 e. The zero-order valence-electron chi connectivity index (χ0n) is 11.6. The Labute approximate surface area is 114 Å². The van der Waals surface area contributed by atoms with Gasteiger partial charge in [-0.15, -0.1) is 0 Å². The fraction of sp³-hybridized carbons (Fsp3) is 0.400. The van der Waals surface area contributed by atoms with E-state index < -0.39 is 0 Å². The van der Waals surface area contributed by atoms with Gasteiger partial charge in [0.1, 0.15) is 0 Å². The fourth-order valence-corrected chi connectivity index (χ4v) is 2.17. The highest BCUT2D eigenvalue weighted by Gasteiger charge is 2.15. The highest BCUT2D eigenvalue weighted by Crippen LogP contribution is 2.18. The molecule has 1 aromatic carbocycles. The highest BCUT2D eigenvalue weighted by atomic mass is 15.3. The van der Waals surface area contributed by atoms with Gasteiger partial charge in [0.2, 0.25) is 0 Å². The van der Waals surface area contributed by atoms with Crippen LogP contribution in [0.3, 0.4) is 0 Å². The van der Waals surface area contributed by atoms with E-state index >= 15 is 0 Å². The average molecular weight is 258 g/mol. The number of nitrogens with one attached hydrogen (secondary N) is 1. The normalized spacial score (nSPS) is 14.3. The van der Waals surface area contributed by atoms with Gasteiger partial charge < -0.3 is 11.1 Å². The summed E-state index contributed by atoms with van der Waals surface area (Å²) in [6, 6.07) is 10.8. The Hall–Kier alpha value is -1.65. The first-order valence-corrected chi connectivity index (χ1v) is 6.78. The molecule has 0 bridgehead atoms. The summed E-state index contributed by atoms with van der Waals surface area (Å²) in [6.45, 7) is 5.68. The van der Waals surface area contributed by atoms with Gasteiger partial charge in [0.05, 0.1) is 6.20 Å². The van der Waals surface area contributed by atoms with Crippen molar-refractivity contribution in [2.24, 2.45) is 5.73 Å². The van der Waals surface area contributed by atoms with Gasteiger partial charge in [-0.1, -0.05) is 30.3 Å². The Kier molecular flexibility index (Phi) is 4.71. The van der Waals surface area contributed by atoms with Crippen molar-refractivity contribution in [3.63, 3.8) is 0 Å². The molecule has 0 aliphatic carbocycles. The van der Waals surface area contributed by atoms with Crippen LogP contribution >= 0.6 is 0 Å². The summed E-state index contributed by atoms with van der Waals surface area (Å²) in [4.78, 5) is 0. The van der Waals surface area contributed by atoms with Gasteiger partial charge in [0, 0.05) is 36.9 Å². The quantitative estimate of drug-likeness (QED) is 0.835. The van der Waals surface area contributed by atoms with E-state index in [1.54, 1.807) is 0 Å². The fourth-order valence-electron chi connectivity index (χ4n) is 2.17. The molecule has 102 valence electrons. The Balaban J connectivity index is 2.06. The molecular weight excluding hydrogens is 236 g/mol. The van der Waals surface area contributed by atoms with Crippen molar-refractivity contribution in [3.8, 4) is 0 Å². The highest BCUT2D eigenvalue weighted by molar-refractivity contribution is 5.19. The number of hydrogen-bond donors (Lipinski definition) is 2. The van der Waals surface area contributed by atoms with Crippen LogP contribution in [0.4, 0.5) is 0 Å². The van der Waals surface area contributed by atoms with Crippen LogP contribution in [-0.4, -0.2) is 16.3 Å². The molecule has 2 rings (SSSR count). The van der Waals surface area contributed by atoms with Crippen LogP contribution in [0.5, 0.6) is 0 Å². The topological polar surface area (TPSA) is 55.9 Å². The third-order valence-electron chi connectivity index (χ3n) is 3.37. The van der Waals surface area contributed by atoms with E-state index in [-0.39, 0.29) is 12.1 Å². The van der Waals surface area contributed by atoms with Gasteiger partial charge >= 0.3 is 0 Å². The predicted octanol–water partition coefficient (Wildman–Crippen LogP) is 2.25. The monoisotopic (exact) mass is 258 g/mol. The summed E-state index contributed by atoms with van der Waals surface area (Å²) in [7, 11) is 0. The molecule has 0 saturated carbocycles. The molecule has 0 aliphatic heterocycles. The SMILES string of the molecule is CCn1cc(C(CN)NC(C)c2ccccc2)cn1. The third kappa shape index (κ3) is 3.43. The largest absolute Gasteiger partial charge is 0.329 e. The molecule has 4 heteroatoms. The maximum Gasteiger partial charge on any atom is 0.0538 e. The van der Waals surface area contributed by atoms with Gasteiger partial charge in [0.25, 0.3) is 0 Å². The number of aromatic nitrogens is 2. The maximum atomic E-state index is 5.88. The minimum absolute atomic E-state index is 0.135. The lowest BCUT2D eigenvalue weighted by atomic mass is 10.1. The van der Waals surface area contributed by atoms with Crippen LogP contribution < -0.4 is 11.1 Å². The van der Waals surface area contributed by atoms with Crippen molar-refractivity contribution in [1.82, 2.24) is 15.1 Å². The van der Waals surface area contributed by atoms with Crippen LogP contribution in [0.2, 0.25) is 0 Å². The van der Waals surface area contributed by atoms with Crippen molar-refractivity contribution in [3.05, 3.63) is 53.9 Å². The molecule has 3 N–H and O–H groups in total. The lowest BCUT2D eigenvalue weighted by Gasteiger charge is -2.21. The third-order valence-corrected chi connectivity index (χ3v) is 3.37. The van der Waals surface area contributed by atoms with Crippen molar-refractivity contribution in [2.75, 3.05) is 6.54 Å². The molecule has 0 saturated heterocycles. The number of nitrogens with two attached hydrogens (primary N) is 1. The second-order valence-electron chi connectivity index (χ2n) is 4.72. The maximum absolute atomic E-state index is 5.88. The Morgan fingerprint density at radius 3 is 2.58 bits per heavy atom. The number of rotatable bonds is 6. The van der Waals surface area contributed by atoms with Crippen molar-refractivity contribution >= 4 is 0 Å². The first kappa shape index (κ1) is 13.8. The molecule has 2 unspecified atom stereocenters. The molecule has 1 aromatic heterocycles. The minimum atomic E-state index is 0.135. The molecule has 2 aromatic rings.